The van der Waals surface area contributed by atoms with E-state index in [1.54, 1.807) is 0 Å². The maximum absolute atomic E-state index is 12.6. The maximum Gasteiger partial charge on any atom is 0.255 e. The van der Waals surface area contributed by atoms with E-state index in [0.717, 1.165) is 35.2 Å². The minimum Gasteiger partial charge on any atom is -0.322 e. The molecule has 3 aromatic rings. The summed E-state index contributed by atoms with van der Waals surface area (Å²) in [6, 6.07) is 26.0. The molecular weight excluding hydrogens is 294 g/mol. The van der Waals surface area contributed by atoms with Gasteiger partial charge in [0.1, 0.15) is 0 Å². The lowest BCUT2D eigenvalue weighted by atomic mass is 9.99. The number of benzene rings is 3. The fourth-order valence-electron chi connectivity index (χ4n) is 2.80. The van der Waals surface area contributed by atoms with Crippen LogP contribution >= 0.6 is 0 Å². The zero-order valence-corrected chi connectivity index (χ0v) is 13.8. The van der Waals surface area contributed by atoms with E-state index in [9.17, 15) is 4.79 Å². The number of rotatable bonds is 5. The predicted molar refractivity (Wildman–Crippen MR) is 99.4 cm³/mol. The van der Waals surface area contributed by atoms with E-state index in [4.69, 9.17) is 0 Å². The van der Waals surface area contributed by atoms with Crippen LogP contribution in [-0.2, 0) is 12.8 Å². The molecule has 0 saturated heterocycles. The van der Waals surface area contributed by atoms with Crippen LogP contribution in [0.1, 0.15) is 27.0 Å². The lowest BCUT2D eigenvalue weighted by molar-refractivity contribution is 0.102. The van der Waals surface area contributed by atoms with Crippen molar-refractivity contribution in [2.75, 3.05) is 5.32 Å². The summed E-state index contributed by atoms with van der Waals surface area (Å²) in [5.74, 6) is -0.0516. The van der Waals surface area contributed by atoms with Crippen LogP contribution in [0.3, 0.4) is 0 Å². The van der Waals surface area contributed by atoms with Gasteiger partial charge in [0.15, 0.2) is 0 Å². The van der Waals surface area contributed by atoms with Crippen molar-refractivity contribution < 1.29 is 4.79 Å². The number of amides is 1. The normalized spacial score (nSPS) is 10.4. The molecule has 2 heteroatoms. The Labute approximate surface area is 143 Å². The third kappa shape index (κ3) is 4.11. The fourth-order valence-corrected chi connectivity index (χ4v) is 2.80. The highest BCUT2D eigenvalue weighted by Gasteiger charge is 2.11. The Balaban J connectivity index is 1.74. The maximum atomic E-state index is 12.6. The predicted octanol–water partition coefficient (Wildman–Crippen LogP) is 5.03. The molecule has 0 atom stereocenters. The molecule has 0 heterocycles. The summed E-state index contributed by atoms with van der Waals surface area (Å²) in [4.78, 5) is 12.6. The van der Waals surface area contributed by atoms with Gasteiger partial charge in [-0.15, -0.1) is 0 Å². The molecule has 0 bridgehead atoms. The van der Waals surface area contributed by atoms with Crippen molar-refractivity contribution in [2.24, 2.45) is 0 Å². The number of carbonyl (C=O) groups is 1. The Morgan fingerprint density at radius 2 is 1.58 bits per heavy atom. The number of anilines is 1. The van der Waals surface area contributed by atoms with Gasteiger partial charge in [-0.05, 0) is 54.7 Å². The van der Waals surface area contributed by atoms with Crippen LogP contribution in [-0.4, -0.2) is 5.91 Å². The van der Waals surface area contributed by atoms with Gasteiger partial charge in [-0.25, -0.2) is 0 Å². The highest BCUT2D eigenvalue weighted by Crippen LogP contribution is 2.16. The smallest absolute Gasteiger partial charge is 0.255 e. The lowest BCUT2D eigenvalue weighted by Crippen LogP contribution is -2.14. The lowest BCUT2D eigenvalue weighted by Gasteiger charge is -2.11. The summed E-state index contributed by atoms with van der Waals surface area (Å²) < 4.78 is 0. The van der Waals surface area contributed by atoms with Gasteiger partial charge in [0.25, 0.3) is 5.91 Å². The Morgan fingerprint density at radius 3 is 2.38 bits per heavy atom. The largest absolute Gasteiger partial charge is 0.322 e. The molecule has 0 spiro atoms. The Bertz CT molecular complexity index is 824. The number of carbonyl (C=O) groups excluding carboxylic acids is 1. The molecule has 0 aliphatic rings. The first kappa shape index (κ1) is 16.0. The molecule has 0 fully saturated rings. The van der Waals surface area contributed by atoms with Crippen LogP contribution in [0, 0.1) is 6.92 Å². The Morgan fingerprint density at radius 1 is 0.833 bits per heavy atom. The first-order valence-electron chi connectivity index (χ1n) is 8.22. The van der Waals surface area contributed by atoms with Gasteiger partial charge in [0, 0.05) is 11.3 Å². The van der Waals surface area contributed by atoms with E-state index in [2.05, 4.69) is 17.4 Å². The molecule has 0 aliphatic heterocycles. The zero-order valence-electron chi connectivity index (χ0n) is 13.8. The van der Waals surface area contributed by atoms with Crippen molar-refractivity contribution >= 4 is 11.6 Å². The molecule has 0 aliphatic carbocycles. The van der Waals surface area contributed by atoms with Crippen molar-refractivity contribution in [2.45, 2.75) is 19.8 Å². The second-order valence-corrected chi connectivity index (χ2v) is 5.97. The SMILES string of the molecule is Cc1cccc(NC(=O)c2ccccc2CCc2ccccc2)c1. The molecule has 3 rings (SSSR count). The molecular formula is C22H21NO. The van der Waals surface area contributed by atoms with Crippen LogP contribution in [0.15, 0.2) is 78.9 Å². The molecule has 0 radical (unpaired) electrons. The van der Waals surface area contributed by atoms with E-state index in [1.807, 2.05) is 73.7 Å². The van der Waals surface area contributed by atoms with Gasteiger partial charge in [-0.3, -0.25) is 4.79 Å². The molecule has 0 unspecified atom stereocenters. The van der Waals surface area contributed by atoms with Crippen LogP contribution in [0.4, 0.5) is 5.69 Å². The minimum atomic E-state index is -0.0516. The first-order chi connectivity index (χ1) is 11.7. The molecule has 120 valence electrons. The summed E-state index contributed by atoms with van der Waals surface area (Å²) in [5, 5.41) is 3.00. The Kier molecular flexibility index (Phi) is 5.07. The summed E-state index contributed by atoms with van der Waals surface area (Å²) in [5.41, 5.74) is 5.07. The third-order valence-electron chi connectivity index (χ3n) is 4.06. The van der Waals surface area contributed by atoms with Crippen LogP contribution < -0.4 is 5.32 Å². The van der Waals surface area contributed by atoms with Gasteiger partial charge in [-0.1, -0.05) is 60.7 Å². The van der Waals surface area contributed by atoms with E-state index in [1.165, 1.54) is 5.56 Å². The second-order valence-electron chi connectivity index (χ2n) is 5.97. The van der Waals surface area contributed by atoms with Gasteiger partial charge in [0.05, 0.1) is 0 Å². The summed E-state index contributed by atoms with van der Waals surface area (Å²) in [7, 11) is 0. The van der Waals surface area contributed by atoms with Crippen LogP contribution in [0.2, 0.25) is 0 Å². The average molecular weight is 315 g/mol. The van der Waals surface area contributed by atoms with Crippen LogP contribution in [0.25, 0.3) is 0 Å². The average Bonchev–Trinajstić information content (AvgIpc) is 2.61. The molecule has 1 amide bonds. The van der Waals surface area contributed by atoms with E-state index >= 15 is 0 Å². The van der Waals surface area contributed by atoms with Gasteiger partial charge >= 0.3 is 0 Å². The molecule has 3 aromatic carbocycles. The minimum absolute atomic E-state index is 0.0516. The third-order valence-corrected chi connectivity index (χ3v) is 4.06. The number of aryl methyl sites for hydroxylation is 3. The first-order valence-corrected chi connectivity index (χ1v) is 8.22. The molecule has 24 heavy (non-hydrogen) atoms. The Hall–Kier alpha value is -2.87. The summed E-state index contributed by atoms with van der Waals surface area (Å²) >= 11 is 0. The highest BCUT2D eigenvalue weighted by atomic mass is 16.1. The zero-order chi connectivity index (χ0) is 16.8. The van der Waals surface area contributed by atoms with E-state index in [-0.39, 0.29) is 5.91 Å². The molecule has 1 N–H and O–H groups in total. The summed E-state index contributed by atoms with van der Waals surface area (Å²) in [6.45, 7) is 2.02. The van der Waals surface area contributed by atoms with Crippen molar-refractivity contribution in [3.8, 4) is 0 Å². The van der Waals surface area contributed by atoms with Gasteiger partial charge < -0.3 is 5.32 Å². The van der Waals surface area contributed by atoms with Crippen molar-refractivity contribution in [1.82, 2.24) is 0 Å². The van der Waals surface area contributed by atoms with Crippen molar-refractivity contribution in [3.05, 3.63) is 101 Å². The monoisotopic (exact) mass is 315 g/mol. The number of hydrogen-bond donors (Lipinski definition) is 1. The second kappa shape index (κ2) is 7.60. The van der Waals surface area contributed by atoms with Gasteiger partial charge in [0.2, 0.25) is 0 Å². The molecule has 0 saturated carbocycles. The molecule has 0 aromatic heterocycles. The van der Waals surface area contributed by atoms with Gasteiger partial charge in [-0.2, -0.15) is 0 Å². The van der Waals surface area contributed by atoms with Crippen LogP contribution in [0.5, 0.6) is 0 Å². The van der Waals surface area contributed by atoms with Crippen molar-refractivity contribution in [3.63, 3.8) is 0 Å². The van der Waals surface area contributed by atoms with Crippen molar-refractivity contribution in [1.29, 1.82) is 0 Å². The quantitative estimate of drug-likeness (QED) is 0.702. The topological polar surface area (TPSA) is 29.1 Å². The standard InChI is InChI=1S/C22H21NO/c1-17-8-7-12-20(16-17)23-22(24)21-13-6-5-11-19(21)15-14-18-9-3-2-4-10-18/h2-13,16H,14-15H2,1H3,(H,23,24). The number of nitrogens with one attached hydrogen (secondary N) is 1. The van der Waals surface area contributed by atoms with E-state index in [0.29, 0.717) is 0 Å². The highest BCUT2D eigenvalue weighted by molar-refractivity contribution is 6.05. The number of hydrogen-bond acceptors (Lipinski definition) is 1. The summed E-state index contributed by atoms with van der Waals surface area (Å²) in [6.07, 6.45) is 1.77. The fraction of sp³-hybridized carbons (Fsp3) is 0.136. The molecule has 2 nitrogen and oxygen atoms in total. The van der Waals surface area contributed by atoms with E-state index < -0.39 is 0 Å².